The number of hydrogen-bond donors (Lipinski definition) is 0. The van der Waals surface area contributed by atoms with Gasteiger partial charge < -0.3 is 4.74 Å². The van der Waals surface area contributed by atoms with Gasteiger partial charge in [-0.1, -0.05) is 18.2 Å². The van der Waals surface area contributed by atoms with Gasteiger partial charge in [-0.3, -0.25) is 14.7 Å². The highest BCUT2D eigenvalue weighted by Crippen LogP contribution is 2.31. The molecule has 6 nitrogen and oxygen atoms in total. The predicted octanol–water partition coefficient (Wildman–Crippen LogP) is 5.01. The molecule has 0 aliphatic carbocycles. The molecule has 0 spiro atoms. The van der Waals surface area contributed by atoms with Crippen LogP contribution < -0.4 is 4.74 Å². The zero-order chi connectivity index (χ0) is 24.0. The molecule has 0 radical (unpaired) electrons. The van der Waals surface area contributed by atoms with E-state index in [4.69, 9.17) is 4.74 Å². The third-order valence-electron chi connectivity index (χ3n) is 4.83. The number of carbonyl (C=O) groups is 1. The molecular weight excluding hydrogens is 426 g/mol. The summed E-state index contributed by atoms with van der Waals surface area (Å²) < 4.78 is 33.4. The summed E-state index contributed by atoms with van der Waals surface area (Å²) in [6, 6.07) is 7.15. The molecule has 3 rings (SSSR count). The second kappa shape index (κ2) is 10.3. The molecule has 1 aliphatic rings. The van der Waals surface area contributed by atoms with Crippen LogP contribution in [0.2, 0.25) is 0 Å². The van der Waals surface area contributed by atoms with Crippen molar-refractivity contribution in [3.05, 3.63) is 94.7 Å². The molecule has 1 aromatic carbocycles. The number of carbonyl (C=O) groups excluding carboxylic acids is 1. The minimum atomic E-state index is -0.721. The summed E-state index contributed by atoms with van der Waals surface area (Å²) >= 11 is 0. The maximum Gasteiger partial charge on any atom is 0.262 e. The van der Waals surface area contributed by atoms with Crippen molar-refractivity contribution < 1.29 is 18.3 Å². The van der Waals surface area contributed by atoms with Crippen LogP contribution in [0.3, 0.4) is 0 Å². The Balaban J connectivity index is 2.13. The summed E-state index contributed by atoms with van der Waals surface area (Å²) in [5, 5.41) is 9.45. The Labute approximate surface area is 190 Å². The van der Waals surface area contributed by atoms with E-state index in [1.807, 2.05) is 6.07 Å². The van der Waals surface area contributed by atoms with Gasteiger partial charge in [-0.2, -0.15) is 5.26 Å². The van der Waals surface area contributed by atoms with Gasteiger partial charge in [0.1, 0.15) is 35.8 Å². The molecule has 1 amide bonds. The van der Waals surface area contributed by atoms with Crippen LogP contribution in [-0.2, 0) is 4.79 Å². The van der Waals surface area contributed by atoms with Crippen molar-refractivity contribution in [2.24, 2.45) is 4.99 Å². The summed E-state index contributed by atoms with van der Waals surface area (Å²) in [5.41, 5.74) is 1.35. The first-order valence-electron chi connectivity index (χ1n) is 9.89. The smallest absolute Gasteiger partial charge is 0.262 e. The van der Waals surface area contributed by atoms with Crippen molar-refractivity contribution in [2.75, 3.05) is 6.61 Å². The molecule has 0 N–H and O–H groups in total. The van der Waals surface area contributed by atoms with Crippen molar-refractivity contribution in [3.8, 4) is 11.8 Å². The molecule has 0 atom stereocenters. The molecule has 2 aromatic rings. The highest BCUT2D eigenvalue weighted by molar-refractivity contribution is 6.21. The van der Waals surface area contributed by atoms with E-state index in [2.05, 4.69) is 16.7 Å². The van der Waals surface area contributed by atoms with E-state index in [9.17, 15) is 18.8 Å². The second-order valence-electron chi connectivity index (χ2n) is 6.91. The summed E-state index contributed by atoms with van der Waals surface area (Å²) in [4.78, 5) is 22.8. The van der Waals surface area contributed by atoms with E-state index in [-0.39, 0.29) is 29.1 Å². The quantitative estimate of drug-likeness (QED) is 0.355. The molecule has 2 heterocycles. The SMILES string of the molecule is C=N/C=C\C=C(/C)N(C(=O)/C(=C\C)c1cccc(F)c1C#N)C1=Cc2ncc(F)cc2OC1. The fourth-order valence-electron chi connectivity index (χ4n) is 3.35. The number of aliphatic imine (C=N–C) groups is 1. The molecule has 1 aromatic heterocycles. The zero-order valence-electron chi connectivity index (χ0n) is 18.0. The van der Waals surface area contributed by atoms with Gasteiger partial charge in [-0.15, -0.1) is 0 Å². The van der Waals surface area contributed by atoms with E-state index in [0.29, 0.717) is 17.1 Å². The largest absolute Gasteiger partial charge is 0.485 e. The topological polar surface area (TPSA) is 78.6 Å². The Hall–Kier alpha value is -4.38. The predicted molar refractivity (Wildman–Crippen MR) is 122 cm³/mol. The summed E-state index contributed by atoms with van der Waals surface area (Å²) in [7, 11) is 0. The summed E-state index contributed by atoms with van der Waals surface area (Å²) in [5.74, 6) is -1.51. The minimum Gasteiger partial charge on any atom is -0.485 e. The first-order chi connectivity index (χ1) is 15.9. The highest BCUT2D eigenvalue weighted by Gasteiger charge is 2.28. The van der Waals surface area contributed by atoms with Crippen molar-refractivity contribution in [1.29, 1.82) is 5.26 Å². The van der Waals surface area contributed by atoms with Crippen LogP contribution in [0.5, 0.6) is 5.75 Å². The van der Waals surface area contributed by atoms with E-state index in [1.165, 1.54) is 35.4 Å². The van der Waals surface area contributed by atoms with E-state index in [1.54, 1.807) is 32.1 Å². The molecule has 8 heteroatoms. The van der Waals surface area contributed by atoms with Crippen LogP contribution in [0.1, 0.15) is 30.7 Å². The van der Waals surface area contributed by atoms with Crippen LogP contribution in [-0.4, -0.2) is 29.1 Å². The Bertz CT molecular complexity index is 1270. The van der Waals surface area contributed by atoms with Crippen molar-refractivity contribution in [3.63, 3.8) is 0 Å². The van der Waals surface area contributed by atoms with Crippen molar-refractivity contribution in [1.82, 2.24) is 9.88 Å². The number of halogens is 2. The van der Waals surface area contributed by atoms with E-state index >= 15 is 0 Å². The minimum absolute atomic E-state index is 0.0380. The first kappa shape index (κ1) is 23.3. The molecule has 0 saturated carbocycles. The Morgan fingerprint density at radius 3 is 2.88 bits per heavy atom. The van der Waals surface area contributed by atoms with Crippen LogP contribution in [0, 0.1) is 23.0 Å². The molecular formula is C25H20F2N4O2. The number of allylic oxidation sites excluding steroid dienone is 4. The number of fused-ring (bicyclic) bond motifs is 1. The van der Waals surface area contributed by atoms with Crippen LogP contribution in [0.25, 0.3) is 11.6 Å². The molecule has 0 bridgehead atoms. The molecule has 166 valence electrons. The molecule has 0 unspecified atom stereocenters. The number of benzene rings is 1. The number of nitriles is 1. The highest BCUT2D eigenvalue weighted by atomic mass is 19.1. The van der Waals surface area contributed by atoms with E-state index in [0.717, 1.165) is 12.3 Å². The van der Waals surface area contributed by atoms with Gasteiger partial charge in [0.05, 0.1) is 17.5 Å². The lowest BCUT2D eigenvalue weighted by atomic mass is 9.98. The van der Waals surface area contributed by atoms with Crippen molar-refractivity contribution >= 4 is 24.3 Å². The van der Waals surface area contributed by atoms with Gasteiger partial charge in [0, 0.05) is 29.1 Å². The van der Waals surface area contributed by atoms with Gasteiger partial charge in [0.25, 0.3) is 5.91 Å². The fourth-order valence-corrected chi connectivity index (χ4v) is 3.35. The maximum absolute atomic E-state index is 14.2. The third-order valence-corrected chi connectivity index (χ3v) is 4.83. The lowest BCUT2D eigenvalue weighted by Gasteiger charge is -2.29. The molecule has 0 fully saturated rings. The number of aromatic nitrogens is 1. The lowest BCUT2D eigenvalue weighted by Crippen LogP contribution is -2.33. The lowest BCUT2D eigenvalue weighted by molar-refractivity contribution is -0.121. The van der Waals surface area contributed by atoms with Crippen LogP contribution >= 0.6 is 0 Å². The molecule has 33 heavy (non-hydrogen) atoms. The average molecular weight is 446 g/mol. The van der Waals surface area contributed by atoms with E-state index < -0.39 is 17.5 Å². The van der Waals surface area contributed by atoms with Crippen molar-refractivity contribution in [2.45, 2.75) is 13.8 Å². The normalized spacial score (nSPS) is 13.6. The van der Waals surface area contributed by atoms with Gasteiger partial charge >= 0.3 is 0 Å². The number of hydrogen-bond acceptors (Lipinski definition) is 5. The number of pyridine rings is 1. The fraction of sp³-hybridized carbons (Fsp3) is 0.120. The Morgan fingerprint density at radius 1 is 1.39 bits per heavy atom. The summed E-state index contributed by atoms with van der Waals surface area (Å²) in [6.07, 6.45) is 8.89. The number of nitrogens with zero attached hydrogens (tertiary/aromatic N) is 4. The number of rotatable bonds is 6. The van der Waals surface area contributed by atoms with Crippen LogP contribution in [0.15, 0.2) is 71.3 Å². The Morgan fingerprint density at radius 2 is 2.18 bits per heavy atom. The zero-order valence-corrected chi connectivity index (χ0v) is 18.0. The standard InChI is InChI=1S/C25H20F2N4O2/c1-4-19(20-8-5-9-22(27)21(20)13-28)25(32)31(16(2)7-6-10-29-3)18-12-23-24(33-15-18)11-17(26)14-30-23/h4-12,14H,3,15H2,1-2H3/b10-6-,16-7+,19-4-. The van der Waals surface area contributed by atoms with Gasteiger partial charge in [0.15, 0.2) is 0 Å². The molecule has 1 aliphatic heterocycles. The summed E-state index contributed by atoms with van der Waals surface area (Å²) in [6.45, 7) is 6.66. The third kappa shape index (κ3) is 4.93. The second-order valence-corrected chi connectivity index (χ2v) is 6.91. The number of ether oxygens (including phenoxy) is 1. The molecule has 0 saturated heterocycles. The Kier molecular flexibility index (Phi) is 7.26. The number of amides is 1. The van der Waals surface area contributed by atoms with Crippen LogP contribution in [0.4, 0.5) is 8.78 Å². The van der Waals surface area contributed by atoms with Gasteiger partial charge in [-0.25, -0.2) is 13.8 Å². The van der Waals surface area contributed by atoms with Gasteiger partial charge in [-0.05, 0) is 44.9 Å². The van der Waals surface area contributed by atoms with Gasteiger partial charge in [0.2, 0.25) is 0 Å². The maximum atomic E-state index is 14.2. The first-order valence-corrected chi connectivity index (χ1v) is 9.89. The average Bonchev–Trinajstić information content (AvgIpc) is 2.80. The monoisotopic (exact) mass is 446 g/mol.